The molecule has 0 amide bonds. The zero-order valence-electron chi connectivity index (χ0n) is 12.8. The van der Waals surface area contributed by atoms with Gasteiger partial charge in [-0.15, -0.1) is 0 Å². The molecule has 1 heterocycles. The molecule has 0 saturated heterocycles. The first-order valence-corrected chi connectivity index (χ1v) is 7.74. The molecule has 0 aliphatic heterocycles. The number of benzene rings is 1. The third-order valence-corrected chi connectivity index (χ3v) is 4.16. The van der Waals surface area contributed by atoms with E-state index in [0.29, 0.717) is 12.6 Å². The Bertz CT molecular complexity index is 589. The normalized spacial score (nSPS) is 17.5. The van der Waals surface area contributed by atoms with Gasteiger partial charge in [0.1, 0.15) is 5.75 Å². The van der Waals surface area contributed by atoms with E-state index in [1.165, 1.54) is 29.7 Å². The van der Waals surface area contributed by atoms with Gasteiger partial charge in [-0.3, -0.25) is 4.68 Å². The van der Waals surface area contributed by atoms with E-state index in [9.17, 15) is 0 Å². The van der Waals surface area contributed by atoms with Crippen molar-refractivity contribution in [2.45, 2.75) is 38.8 Å². The van der Waals surface area contributed by atoms with E-state index in [1.807, 2.05) is 37.0 Å². The van der Waals surface area contributed by atoms with Crippen molar-refractivity contribution in [2.24, 2.45) is 7.05 Å². The SMILES string of the molecule is CCOc1ccc(CNC2CCCc3c2cnn3C)cc1. The van der Waals surface area contributed by atoms with Gasteiger partial charge in [0.15, 0.2) is 0 Å². The van der Waals surface area contributed by atoms with Gasteiger partial charge in [-0.2, -0.15) is 5.10 Å². The molecule has 4 heteroatoms. The Hall–Kier alpha value is -1.81. The fourth-order valence-corrected chi connectivity index (χ4v) is 3.03. The van der Waals surface area contributed by atoms with Crippen LogP contribution in [-0.4, -0.2) is 16.4 Å². The molecule has 1 aromatic heterocycles. The van der Waals surface area contributed by atoms with Crippen LogP contribution in [0.15, 0.2) is 30.5 Å². The van der Waals surface area contributed by atoms with Crippen molar-refractivity contribution < 1.29 is 4.74 Å². The second-order valence-corrected chi connectivity index (χ2v) is 5.57. The molecule has 1 aliphatic carbocycles. The Balaban J connectivity index is 1.63. The molecule has 1 atom stereocenters. The first-order valence-electron chi connectivity index (χ1n) is 7.74. The number of hydrogen-bond donors (Lipinski definition) is 1. The maximum absolute atomic E-state index is 5.47. The first-order chi connectivity index (χ1) is 10.3. The van der Waals surface area contributed by atoms with E-state index in [0.717, 1.165) is 18.7 Å². The fourth-order valence-electron chi connectivity index (χ4n) is 3.03. The van der Waals surface area contributed by atoms with Crippen molar-refractivity contribution in [1.29, 1.82) is 0 Å². The van der Waals surface area contributed by atoms with E-state index in [4.69, 9.17) is 4.74 Å². The summed E-state index contributed by atoms with van der Waals surface area (Å²) in [5, 5.41) is 8.06. The molecular formula is C17H23N3O. The number of rotatable bonds is 5. The molecule has 1 aliphatic rings. The molecule has 1 aromatic carbocycles. The zero-order chi connectivity index (χ0) is 14.7. The van der Waals surface area contributed by atoms with Gasteiger partial charge in [0.2, 0.25) is 0 Å². The number of ether oxygens (including phenoxy) is 1. The predicted octanol–water partition coefficient (Wildman–Crippen LogP) is 2.99. The van der Waals surface area contributed by atoms with E-state index >= 15 is 0 Å². The highest BCUT2D eigenvalue weighted by atomic mass is 16.5. The number of aromatic nitrogens is 2. The Labute approximate surface area is 126 Å². The van der Waals surface area contributed by atoms with Crippen LogP contribution in [0.4, 0.5) is 0 Å². The minimum Gasteiger partial charge on any atom is -0.494 e. The van der Waals surface area contributed by atoms with Gasteiger partial charge in [0.05, 0.1) is 12.8 Å². The summed E-state index contributed by atoms with van der Waals surface area (Å²) in [7, 11) is 2.04. The van der Waals surface area contributed by atoms with Gasteiger partial charge in [0.25, 0.3) is 0 Å². The Morgan fingerprint density at radius 1 is 1.33 bits per heavy atom. The third-order valence-electron chi connectivity index (χ3n) is 4.16. The molecule has 21 heavy (non-hydrogen) atoms. The highest BCUT2D eigenvalue weighted by molar-refractivity contribution is 5.28. The van der Waals surface area contributed by atoms with Crippen LogP contribution in [0.3, 0.4) is 0 Å². The van der Waals surface area contributed by atoms with Gasteiger partial charge in [-0.05, 0) is 43.9 Å². The number of nitrogens with zero attached hydrogens (tertiary/aromatic N) is 2. The highest BCUT2D eigenvalue weighted by Crippen LogP contribution is 2.29. The summed E-state index contributed by atoms with van der Waals surface area (Å²) >= 11 is 0. The molecule has 112 valence electrons. The van der Waals surface area contributed by atoms with Crippen LogP contribution in [0.25, 0.3) is 0 Å². The van der Waals surface area contributed by atoms with Crippen LogP contribution in [0, 0.1) is 0 Å². The third kappa shape index (κ3) is 3.10. The lowest BCUT2D eigenvalue weighted by atomic mass is 9.93. The van der Waals surface area contributed by atoms with E-state index < -0.39 is 0 Å². The van der Waals surface area contributed by atoms with Gasteiger partial charge in [-0.25, -0.2) is 0 Å². The average molecular weight is 285 g/mol. The minimum atomic E-state index is 0.425. The summed E-state index contributed by atoms with van der Waals surface area (Å²) in [4.78, 5) is 0. The van der Waals surface area contributed by atoms with Crippen molar-refractivity contribution in [3.63, 3.8) is 0 Å². The Morgan fingerprint density at radius 3 is 2.90 bits per heavy atom. The smallest absolute Gasteiger partial charge is 0.119 e. The average Bonchev–Trinajstić information content (AvgIpc) is 2.89. The number of fused-ring (bicyclic) bond motifs is 1. The molecule has 0 radical (unpaired) electrons. The molecule has 0 bridgehead atoms. The molecule has 2 aromatic rings. The molecule has 0 fully saturated rings. The lowest BCUT2D eigenvalue weighted by molar-refractivity contribution is 0.340. The summed E-state index contributed by atoms with van der Waals surface area (Å²) in [5.74, 6) is 0.938. The van der Waals surface area contributed by atoms with E-state index in [2.05, 4.69) is 22.5 Å². The second kappa shape index (κ2) is 6.31. The quantitative estimate of drug-likeness (QED) is 0.918. The zero-order valence-corrected chi connectivity index (χ0v) is 12.8. The summed E-state index contributed by atoms with van der Waals surface area (Å²) in [5.41, 5.74) is 4.04. The van der Waals surface area contributed by atoms with Crippen molar-refractivity contribution in [1.82, 2.24) is 15.1 Å². The number of aryl methyl sites for hydroxylation is 1. The standard InChI is InChI=1S/C17H23N3O/c1-3-21-14-9-7-13(8-10-14)11-18-16-5-4-6-17-15(16)12-19-20(17)2/h7-10,12,16,18H,3-6,11H2,1-2H3. The van der Waals surface area contributed by atoms with Gasteiger partial charge in [-0.1, -0.05) is 12.1 Å². The van der Waals surface area contributed by atoms with Crippen LogP contribution < -0.4 is 10.1 Å². The Kier molecular flexibility index (Phi) is 4.25. The van der Waals surface area contributed by atoms with Gasteiger partial charge in [0, 0.05) is 30.9 Å². The first kappa shape index (κ1) is 14.1. The summed E-state index contributed by atoms with van der Waals surface area (Å²) in [6.07, 6.45) is 5.58. The van der Waals surface area contributed by atoms with E-state index in [-0.39, 0.29) is 0 Å². The number of hydrogen-bond acceptors (Lipinski definition) is 3. The lowest BCUT2D eigenvalue weighted by Crippen LogP contribution is -2.24. The molecule has 3 rings (SSSR count). The van der Waals surface area contributed by atoms with Crippen molar-refractivity contribution >= 4 is 0 Å². The molecular weight excluding hydrogens is 262 g/mol. The highest BCUT2D eigenvalue weighted by Gasteiger charge is 2.22. The summed E-state index contributed by atoms with van der Waals surface area (Å²) in [6.45, 7) is 3.60. The topological polar surface area (TPSA) is 39.1 Å². The maximum Gasteiger partial charge on any atom is 0.119 e. The van der Waals surface area contributed by atoms with Crippen molar-refractivity contribution in [3.05, 3.63) is 47.3 Å². The molecule has 1 N–H and O–H groups in total. The Morgan fingerprint density at radius 2 is 2.14 bits per heavy atom. The fraction of sp³-hybridized carbons (Fsp3) is 0.471. The number of nitrogens with one attached hydrogen (secondary N) is 1. The summed E-state index contributed by atoms with van der Waals surface area (Å²) in [6, 6.07) is 8.76. The maximum atomic E-state index is 5.47. The van der Waals surface area contributed by atoms with Crippen molar-refractivity contribution in [2.75, 3.05) is 6.61 Å². The predicted molar refractivity (Wildman–Crippen MR) is 83.3 cm³/mol. The lowest BCUT2D eigenvalue weighted by Gasteiger charge is -2.24. The molecule has 1 unspecified atom stereocenters. The van der Waals surface area contributed by atoms with Gasteiger partial charge >= 0.3 is 0 Å². The van der Waals surface area contributed by atoms with E-state index in [1.54, 1.807) is 0 Å². The minimum absolute atomic E-state index is 0.425. The van der Waals surface area contributed by atoms with Crippen LogP contribution in [-0.2, 0) is 20.0 Å². The van der Waals surface area contributed by atoms with Crippen LogP contribution >= 0.6 is 0 Å². The molecule has 0 saturated carbocycles. The molecule has 4 nitrogen and oxygen atoms in total. The van der Waals surface area contributed by atoms with Crippen LogP contribution in [0.1, 0.15) is 42.6 Å². The van der Waals surface area contributed by atoms with Crippen molar-refractivity contribution in [3.8, 4) is 5.75 Å². The van der Waals surface area contributed by atoms with Crippen LogP contribution in [0.5, 0.6) is 5.75 Å². The largest absolute Gasteiger partial charge is 0.494 e. The monoisotopic (exact) mass is 285 g/mol. The van der Waals surface area contributed by atoms with Gasteiger partial charge < -0.3 is 10.1 Å². The molecule has 0 spiro atoms. The summed E-state index contributed by atoms with van der Waals surface area (Å²) < 4.78 is 7.49. The second-order valence-electron chi connectivity index (χ2n) is 5.57. The van der Waals surface area contributed by atoms with Crippen LogP contribution in [0.2, 0.25) is 0 Å².